The van der Waals surface area contributed by atoms with Crippen LogP contribution in [0.3, 0.4) is 0 Å². The van der Waals surface area contributed by atoms with Crippen LogP contribution in [0.5, 0.6) is 0 Å². The van der Waals surface area contributed by atoms with E-state index in [1.165, 1.54) is 12.1 Å². The van der Waals surface area contributed by atoms with Crippen molar-refractivity contribution in [2.45, 2.75) is 32.6 Å². The molecule has 1 fully saturated rings. The second kappa shape index (κ2) is 6.71. The maximum atomic E-state index is 13.3. The highest BCUT2D eigenvalue weighted by atomic mass is 19.1. The molecule has 1 heterocycles. The molecule has 0 saturated heterocycles. The molecule has 1 aliphatic carbocycles. The second-order valence-electron chi connectivity index (χ2n) is 6.49. The first-order valence-corrected chi connectivity index (χ1v) is 8.34. The third-order valence-corrected chi connectivity index (χ3v) is 5.05. The minimum absolute atomic E-state index is 0.0677. The number of rotatable bonds is 5. The number of hydrogen-bond acceptors (Lipinski definition) is 2. The molecule has 2 aromatic rings. The molecule has 4 N–H and O–H groups in total. The van der Waals surface area contributed by atoms with Gasteiger partial charge in [0, 0.05) is 29.1 Å². The number of amides is 1. The fourth-order valence-corrected chi connectivity index (χ4v) is 3.79. The molecule has 0 spiro atoms. The van der Waals surface area contributed by atoms with E-state index in [1.54, 1.807) is 6.07 Å². The molecule has 4 nitrogen and oxygen atoms in total. The van der Waals surface area contributed by atoms with E-state index in [4.69, 9.17) is 5.73 Å². The lowest BCUT2D eigenvalue weighted by Crippen LogP contribution is -2.36. The third-order valence-electron chi connectivity index (χ3n) is 5.05. The standard InChI is InChI=1S/C18H24FN3O/c1-11-14(16-6-5-13(19)9-17(16)22-11)7-8-21-18(23)15-4-2-3-12(15)10-20/h5-6,9,12,15,22H,2-4,7-8,10,20H2,1H3,(H,21,23). The first kappa shape index (κ1) is 16.0. The van der Waals surface area contributed by atoms with Crippen molar-refractivity contribution >= 4 is 16.8 Å². The molecule has 1 aromatic heterocycles. The van der Waals surface area contributed by atoms with Crippen molar-refractivity contribution in [3.63, 3.8) is 0 Å². The van der Waals surface area contributed by atoms with E-state index in [2.05, 4.69) is 10.3 Å². The number of H-pyrrole nitrogens is 1. The van der Waals surface area contributed by atoms with E-state index in [0.717, 1.165) is 47.8 Å². The van der Waals surface area contributed by atoms with Gasteiger partial charge in [-0.25, -0.2) is 4.39 Å². The van der Waals surface area contributed by atoms with Crippen LogP contribution in [0.1, 0.15) is 30.5 Å². The van der Waals surface area contributed by atoms with Crippen LogP contribution in [0.15, 0.2) is 18.2 Å². The monoisotopic (exact) mass is 317 g/mol. The van der Waals surface area contributed by atoms with Gasteiger partial charge in [-0.3, -0.25) is 4.79 Å². The zero-order valence-electron chi connectivity index (χ0n) is 13.5. The summed E-state index contributed by atoms with van der Waals surface area (Å²) >= 11 is 0. The molecular weight excluding hydrogens is 293 g/mol. The van der Waals surface area contributed by atoms with E-state index in [1.807, 2.05) is 6.92 Å². The summed E-state index contributed by atoms with van der Waals surface area (Å²) in [5.41, 5.74) is 8.72. The smallest absolute Gasteiger partial charge is 0.223 e. The maximum Gasteiger partial charge on any atom is 0.223 e. The molecule has 1 aromatic carbocycles. The highest BCUT2D eigenvalue weighted by molar-refractivity contribution is 5.85. The Morgan fingerprint density at radius 1 is 1.43 bits per heavy atom. The van der Waals surface area contributed by atoms with Gasteiger partial charge < -0.3 is 16.0 Å². The Kier molecular flexibility index (Phi) is 4.66. The van der Waals surface area contributed by atoms with Gasteiger partial charge in [0.05, 0.1) is 0 Å². The van der Waals surface area contributed by atoms with E-state index < -0.39 is 0 Å². The number of carbonyl (C=O) groups excluding carboxylic acids is 1. The zero-order chi connectivity index (χ0) is 16.4. The second-order valence-corrected chi connectivity index (χ2v) is 6.49. The third kappa shape index (κ3) is 3.24. The van der Waals surface area contributed by atoms with Crippen molar-refractivity contribution in [2.75, 3.05) is 13.1 Å². The van der Waals surface area contributed by atoms with Gasteiger partial charge in [0.1, 0.15) is 5.82 Å². The predicted octanol–water partition coefficient (Wildman–Crippen LogP) is 2.65. The van der Waals surface area contributed by atoms with Gasteiger partial charge in [0.2, 0.25) is 5.91 Å². The van der Waals surface area contributed by atoms with Crippen molar-refractivity contribution in [3.05, 3.63) is 35.3 Å². The topological polar surface area (TPSA) is 70.9 Å². The van der Waals surface area contributed by atoms with Gasteiger partial charge in [-0.15, -0.1) is 0 Å². The zero-order valence-corrected chi connectivity index (χ0v) is 13.5. The minimum Gasteiger partial charge on any atom is -0.358 e. The van der Waals surface area contributed by atoms with Crippen molar-refractivity contribution in [3.8, 4) is 0 Å². The molecule has 0 aliphatic heterocycles. The Labute approximate surface area is 135 Å². The number of aryl methyl sites for hydroxylation is 1. The van der Waals surface area contributed by atoms with Crippen LogP contribution in [0.4, 0.5) is 4.39 Å². The van der Waals surface area contributed by atoms with E-state index >= 15 is 0 Å². The summed E-state index contributed by atoms with van der Waals surface area (Å²) in [6.07, 6.45) is 3.83. The lowest BCUT2D eigenvalue weighted by Gasteiger charge is -2.17. The molecule has 1 saturated carbocycles. The molecule has 23 heavy (non-hydrogen) atoms. The Balaban J connectivity index is 1.63. The molecule has 1 amide bonds. The fourth-order valence-electron chi connectivity index (χ4n) is 3.79. The molecule has 0 radical (unpaired) electrons. The normalized spacial score (nSPS) is 21.0. The molecule has 124 valence electrons. The number of nitrogens with two attached hydrogens (primary N) is 1. The molecule has 0 bridgehead atoms. The first-order valence-electron chi connectivity index (χ1n) is 8.34. The van der Waals surface area contributed by atoms with Crippen LogP contribution in [0, 0.1) is 24.6 Å². The number of fused-ring (bicyclic) bond motifs is 1. The summed E-state index contributed by atoms with van der Waals surface area (Å²) in [7, 11) is 0. The van der Waals surface area contributed by atoms with Crippen molar-refractivity contribution in [1.29, 1.82) is 0 Å². The lowest BCUT2D eigenvalue weighted by molar-refractivity contribution is -0.125. The summed E-state index contributed by atoms with van der Waals surface area (Å²) in [6, 6.07) is 4.78. The van der Waals surface area contributed by atoms with Crippen LogP contribution in [0.2, 0.25) is 0 Å². The summed E-state index contributed by atoms with van der Waals surface area (Å²) in [5.74, 6) is 0.278. The average Bonchev–Trinajstić information content (AvgIpc) is 3.11. The number of halogens is 1. The quantitative estimate of drug-likeness (QED) is 0.793. The highest BCUT2D eigenvalue weighted by Crippen LogP contribution is 2.31. The summed E-state index contributed by atoms with van der Waals surface area (Å²) in [6.45, 7) is 3.17. The molecular formula is C18H24FN3O. The number of aromatic amines is 1. The Hall–Kier alpha value is -1.88. The summed E-state index contributed by atoms with van der Waals surface area (Å²) < 4.78 is 13.3. The largest absolute Gasteiger partial charge is 0.358 e. The Morgan fingerprint density at radius 3 is 3.04 bits per heavy atom. The number of carbonyl (C=O) groups is 1. The number of aromatic nitrogens is 1. The SMILES string of the molecule is Cc1[nH]c2cc(F)ccc2c1CCNC(=O)C1CCCC1CN. The summed E-state index contributed by atoms with van der Waals surface area (Å²) in [4.78, 5) is 15.5. The van der Waals surface area contributed by atoms with E-state index in [9.17, 15) is 9.18 Å². The summed E-state index contributed by atoms with van der Waals surface area (Å²) in [5, 5.41) is 4.07. The number of nitrogens with one attached hydrogen (secondary N) is 2. The van der Waals surface area contributed by atoms with Crippen LogP contribution in [-0.2, 0) is 11.2 Å². The highest BCUT2D eigenvalue weighted by Gasteiger charge is 2.31. The average molecular weight is 317 g/mol. The maximum absolute atomic E-state index is 13.3. The van der Waals surface area contributed by atoms with Gasteiger partial charge >= 0.3 is 0 Å². The molecule has 2 unspecified atom stereocenters. The molecule has 1 aliphatic rings. The van der Waals surface area contributed by atoms with Gasteiger partial charge in [0.25, 0.3) is 0 Å². The molecule has 3 rings (SSSR count). The van der Waals surface area contributed by atoms with Crippen LogP contribution in [-0.4, -0.2) is 24.0 Å². The van der Waals surface area contributed by atoms with Gasteiger partial charge in [-0.2, -0.15) is 0 Å². The van der Waals surface area contributed by atoms with Gasteiger partial charge in [-0.1, -0.05) is 6.42 Å². The Morgan fingerprint density at radius 2 is 2.26 bits per heavy atom. The lowest BCUT2D eigenvalue weighted by atomic mass is 9.95. The van der Waals surface area contributed by atoms with E-state index in [-0.39, 0.29) is 17.6 Å². The number of hydrogen-bond donors (Lipinski definition) is 3. The Bertz CT molecular complexity index is 710. The van der Waals surface area contributed by atoms with Gasteiger partial charge in [-0.05, 0) is 62.4 Å². The van der Waals surface area contributed by atoms with Gasteiger partial charge in [0.15, 0.2) is 0 Å². The number of benzene rings is 1. The molecule has 2 atom stereocenters. The van der Waals surface area contributed by atoms with Crippen LogP contribution in [0.25, 0.3) is 10.9 Å². The first-order chi connectivity index (χ1) is 11.1. The predicted molar refractivity (Wildman–Crippen MR) is 89.6 cm³/mol. The fraction of sp³-hybridized carbons (Fsp3) is 0.500. The van der Waals surface area contributed by atoms with Crippen molar-refractivity contribution in [1.82, 2.24) is 10.3 Å². The minimum atomic E-state index is -0.243. The van der Waals surface area contributed by atoms with E-state index in [0.29, 0.717) is 19.0 Å². The van der Waals surface area contributed by atoms with Crippen LogP contribution < -0.4 is 11.1 Å². The van der Waals surface area contributed by atoms with Crippen molar-refractivity contribution in [2.24, 2.45) is 17.6 Å². The van der Waals surface area contributed by atoms with Crippen molar-refractivity contribution < 1.29 is 9.18 Å². The molecule has 5 heteroatoms. The van der Waals surface area contributed by atoms with Crippen LogP contribution >= 0.6 is 0 Å².